The van der Waals surface area contributed by atoms with E-state index in [-0.39, 0.29) is 0 Å². The van der Waals surface area contributed by atoms with E-state index in [1.165, 1.54) is 93.5 Å². The van der Waals surface area contributed by atoms with Crippen molar-refractivity contribution in [2.45, 2.75) is 19.8 Å². The lowest BCUT2D eigenvalue weighted by atomic mass is 9.82. The zero-order chi connectivity index (χ0) is 34.3. The summed E-state index contributed by atoms with van der Waals surface area (Å²) in [4.78, 5) is 0. The highest BCUT2D eigenvalue weighted by atomic mass is 14.2. The van der Waals surface area contributed by atoms with Gasteiger partial charge in [0.2, 0.25) is 0 Å². The third-order valence-electron chi connectivity index (χ3n) is 10.4. The molecule has 9 aromatic rings. The first-order valence-corrected chi connectivity index (χ1v) is 18.0. The number of fused-ring (bicyclic) bond motifs is 3. The van der Waals surface area contributed by atoms with Crippen molar-refractivity contribution in [1.82, 2.24) is 0 Å². The minimum Gasteiger partial charge on any atom is -0.0622 e. The van der Waals surface area contributed by atoms with Crippen molar-refractivity contribution in [3.05, 3.63) is 194 Å². The van der Waals surface area contributed by atoms with Crippen LogP contribution in [0, 0.1) is 0 Å². The van der Waals surface area contributed by atoms with Crippen LogP contribution in [0.25, 0.3) is 88.0 Å². The Labute approximate surface area is 300 Å². The molecule has 9 aromatic carbocycles. The van der Waals surface area contributed by atoms with Gasteiger partial charge in [-0.1, -0.05) is 190 Å². The monoisotopic (exact) mass is 650 g/mol. The van der Waals surface area contributed by atoms with Gasteiger partial charge < -0.3 is 0 Å². The molecule has 0 unspecified atom stereocenters. The Morgan fingerprint density at radius 1 is 0.294 bits per heavy atom. The molecule has 0 aliphatic heterocycles. The fourth-order valence-electron chi connectivity index (χ4n) is 7.92. The van der Waals surface area contributed by atoms with E-state index in [1.807, 2.05) is 0 Å². The Balaban J connectivity index is 1.37. The third-order valence-corrected chi connectivity index (χ3v) is 10.4. The minimum absolute atomic E-state index is 0.452. The van der Waals surface area contributed by atoms with Crippen LogP contribution in [-0.2, 0) is 0 Å². The molecule has 0 N–H and O–H groups in total. The van der Waals surface area contributed by atoms with Crippen LogP contribution in [0.1, 0.15) is 25.3 Å². The highest BCUT2D eigenvalue weighted by Gasteiger charge is 2.21. The number of hydrogen-bond donors (Lipinski definition) is 0. The molecule has 0 heteroatoms. The molecule has 0 spiro atoms. The van der Waals surface area contributed by atoms with E-state index in [0.717, 1.165) is 0 Å². The Bertz CT molecular complexity index is 2650. The van der Waals surface area contributed by atoms with Gasteiger partial charge in [-0.3, -0.25) is 0 Å². The molecule has 0 saturated heterocycles. The first-order chi connectivity index (χ1) is 25.1. The van der Waals surface area contributed by atoms with Crippen molar-refractivity contribution in [2.75, 3.05) is 0 Å². The molecular formula is C51H38. The molecule has 0 atom stereocenters. The van der Waals surface area contributed by atoms with Crippen LogP contribution in [0.15, 0.2) is 188 Å². The second-order valence-electron chi connectivity index (χ2n) is 13.9. The van der Waals surface area contributed by atoms with Gasteiger partial charge in [0.15, 0.2) is 0 Å². The maximum absolute atomic E-state index is 2.44. The van der Waals surface area contributed by atoms with Crippen LogP contribution >= 0.6 is 0 Å². The lowest BCUT2D eigenvalue weighted by Crippen LogP contribution is -1.95. The lowest BCUT2D eigenvalue weighted by Gasteiger charge is -2.21. The van der Waals surface area contributed by atoms with Gasteiger partial charge in [-0.2, -0.15) is 0 Å². The van der Waals surface area contributed by atoms with Crippen LogP contribution in [0.3, 0.4) is 0 Å². The van der Waals surface area contributed by atoms with Crippen LogP contribution in [-0.4, -0.2) is 0 Å². The summed E-state index contributed by atoms with van der Waals surface area (Å²) >= 11 is 0. The molecule has 0 aliphatic carbocycles. The van der Waals surface area contributed by atoms with Gasteiger partial charge in [0, 0.05) is 0 Å². The molecule has 51 heavy (non-hydrogen) atoms. The summed E-state index contributed by atoms with van der Waals surface area (Å²) in [5, 5.41) is 7.57. The van der Waals surface area contributed by atoms with Gasteiger partial charge >= 0.3 is 0 Å². The smallest absolute Gasteiger partial charge is 0.00199 e. The van der Waals surface area contributed by atoms with Gasteiger partial charge in [-0.25, -0.2) is 0 Å². The molecule has 0 saturated carbocycles. The average Bonchev–Trinajstić information content (AvgIpc) is 3.20. The molecule has 0 nitrogen and oxygen atoms in total. The summed E-state index contributed by atoms with van der Waals surface area (Å²) < 4.78 is 0. The largest absolute Gasteiger partial charge is 0.0622 e. The van der Waals surface area contributed by atoms with E-state index in [2.05, 4.69) is 202 Å². The maximum Gasteiger partial charge on any atom is -0.00199 e. The zero-order valence-corrected chi connectivity index (χ0v) is 29.0. The second-order valence-corrected chi connectivity index (χ2v) is 13.9. The van der Waals surface area contributed by atoms with Crippen LogP contribution in [0.4, 0.5) is 0 Å². The topological polar surface area (TPSA) is 0 Å². The Morgan fingerprint density at radius 2 is 0.804 bits per heavy atom. The molecule has 0 heterocycles. The van der Waals surface area contributed by atoms with Crippen molar-refractivity contribution >= 4 is 32.3 Å². The summed E-state index contributed by atoms with van der Waals surface area (Å²) in [6.45, 7) is 4.55. The number of rotatable bonds is 6. The first kappa shape index (κ1) is 30.8. The standard InChI is InChI=1S/C51H38/c1-34(2)37-19-12-22-41(31-37)50-45-24-8-10-26-47(45)51(48-27-11-9-25-46(48)50)49-33-40(39-21-13-20-38(32-39)35-15-4-3-5-16-35)29-30-44(49)43-28-14-18-36-17-6-7-23-42(36)43/h3-34H,1-2H3. The predicted molar refractivity (Wildman–Crippen MR) is 220 cm³/mol. The SMILES string of the molecule is CC(C)c1cccc(-c2c3ccccc3c(-c3cc(-c4cccc(-c5ccccc5)c4)ccc3-c3cccc4ccccc34)c3ccccc23)c1. The third kappa shape index (κ3) is 5.50. The molecule has 0 bridgehead atoms. The zero-order valence-electron chi connectivity index (χ0n) is 29.0. The van der Waals surface area contributed by atoms with E-state index in [9.17, 15) is 0 Å². The van der Waals surface area contributed by atoms with E-state index >= 15 is 0 Å². The van der Waals surface area contributed by atoms with Crippen LogP contribution in [0.2, 0.25) is 0 Å². The fraction of sp³-hybridized carbons (Fsp3) is 0.0588. The quantitative estimate of drug-likeness (QED) is 0.157. The molecule has 0 aromatic heterocycles. The number of benzene rings is 9. The van der Waals surface area contributed by atoms with Gasteiger partial charge in [0.25, 0.3) is 0 Å². The molecule has 0 radical (unpaired) electrons. The summed E-state index contributed by atoms with van der Waals surface area (Å²) in [5.41, 5.74) is 13.8. The second kappa shape index (κ2) is 12.9. The molecule has 0 amide bonds. The van der Waals surface area contributed by atoms with E-state index < -0.39 is 0 Å². The summed E-state index contributed by atoms with van der Waals surface area (Å²) in [6.07, 6.45) is 0. The minimum atomic E-state index is 0.452. The Morgan fingerprint density at radius 3 is 1.51 bits per heavy atom. The Hall–Kier alpha value is -6.24. The van der Waals surface area contributed by atoms with Gasteiger partial charge in [-0.15, -0.1) is 0 Å². The highest BCUT2D eigenvalue weighted by molar-refractivity contribution is 6.23. The van der Waals surface area contributed by atoms with Crippen molar-refractivity contribution in [1.29, 1.82) is 0 Å². The van der Waals surface area contributed by atoms with Crippen molar-refractivity contribution in [3.63, 3.8) is 0 Å². The predicted octanol–water partition coefficient (Wildman–Crippen LogP) is 14.6. The molecule has 9 rings (SSSR count). The van der Waals surface area contributed by atoms with Gasteiger partial charge in [0.1, 0.15) is 0 Å². The molecule has 0 aliphatic rings. The fourth-order valence-corrected chi connectivity index (χ4v) is 7.92. The summed E-state index contributed by atoms with van der Waals surface area (Å²) in [5.74, 6) is 0.452. The normalized spacial score (nSPS) is 11.5. The molecular weight excluding hydrogens is 613 g/mol. The van der Waals surface area contributed by atoms with E-state index in [0.29, 0.717) is 5.92 Å². The van der Waals surface area contributed by atoms with Gasteiger partial charge in [-0.05, 0) is 112 Å². The van der Waals surface area contributed by atoms with Crippen molar-refractivity contribution in [3.8, 4) is 55.6 Å². The first-order valence-electron chi connectivity index (χ1n) is 18.0. The van der Waals surface area contributed by atoms with Crippen molar-refractivity contribution < 1.29 is 0 Å². The van der Waals surface area contributed by atoms with Crippen LogP contribution in [0.5, 0.6) is 0 Å². The van der Waals surface area contributed by atoms with Crippen LogP contribution < -0.4 is 0 Å². The van der Waals surface area contributed by atoms with Crippen molar-refractivity contribution in [2.24, 2.45) is 0 Å². The summed E-state index contributed by atoms with van der Waals surface area (Å²) in [6, 6.07) is 69.3. The molecule has 0 fully saturated rings. The van der Waals surface area contributed by atoms with Gasteiger partial charge in [0.05, 0.1) is 0 Å². The highest BCUT2D eigenvalue weighted by Crippen LogP contribution is 2.48. The Kier molecular flexibility index (Phi) is 7.79. The number of hydrogen-bond acceptors (Lipinski definition) is 0. The van der Waals surface area contributed by atoms with E-state index in [1.54, 1.807) is 0 Å². The summed E-state index contributed by atoms with van der Waals surface area (Å²) in [7, 11) is 0. The maximum atomic E-state index is 2.44. The van der Waals surface area contributed by atoms with E-state index in [4.69, 9.17) is 0 Å². The lowest BCUT2D eigenvalue weighted by molar-refractivity contribution is 0.867. The molecule has 242 valence electrons. The average molecular weight is 651 g/mol.